The minimum atomic E-state index is -1.46. The van der Waals surface area contributed by atoms with E-state index in [-0.39, 0.29) is 6.61 Å². The normalized spacial score (nSPS) is 25.6. The molecule has 5 nitrogen and oxygen atoms in total. The van der Waals surface area contributed by atoms with Crippen LogP contribution in [0.25, 0.3) is 0 Å². The van der Waals surface area contributed by atoms with Crippen LogP contribution in [0.15, 0.2) is 91.0 Å². The van der Waals surface area contributed by atoms with E-state index >= 15 is 0 Å². The third-order valence-corrected chi connectivity index (χ3v) is 6.50. The van der Waals surface area contributed by atoms with Gasteiger partial charge in [-0.05, 0) is 16.7 Å². The summed E-state index contributed by atoms with van der Waals surface area (Å²) in [6.07, 6.45) is -4.43. The zero-order chi connectivity index (χ0) is 23.3. The summed E-state index contributed by atoms with van der Waals surface area (Å²) in [6.45, 7) is 0.276. The molecule has 0 radical (unpaired) electrons. The van der Waals surface area contributed by atoms with Crippen LogP contribution in [0.5, 0.6) is 0 Å². The Morgan fingerprint density at radius 3 is 1.61 bits per heavy atom. The van der Waals surface area contributed by atoms with Gasteiger partial charge >= 0.3 is 0 Å². The van der Waals surface area contributed by atoms with Crippen molar-refractivity contribution in [3.05, 3.63) is 108 Å². The van der Waals surface area contributed by atoms with E-state index in [1.54, 1.807) is 0 Å². The van der Waals surface area contributed by atoms with Crippen LogP contribution in [-0.4, -0.2) is 50.9 Å². The first-order chi connectivity index (χ1) is 16.0. The molecule has 1 fully saturated rings. The second kappa shape index (κ2) is 10.8. The Balaban J connectivity index is 1.76. The van der Waals surface area contributed by atoms with Gasteiger partial charge in [0.1, 0.15) is 30.0 Å². The number of alkyl halides is 1. The van der Waals surface area contributed by atoms with Crippen LogP contribution in [0.2, 0.25) is 0 Å². The fourth-order valence-corrected chi connectivity index (χ4v) is 4.66. The summed E-state index contributed by atoms with van der Waals surface area (Å²) < 4.78 is 12.6. The molecule has 0 aliphatic carbocycles. The van der Waals surface area contributed by atoms with Crippen molar-refractivity contribution in [2.75, 3.05) is 0 Å². The first kappa shape index (κ1) is 23.9. The SMILES string of the molecule is O[C@@H]1[C@@H](O)[C@@H](Cl)O[C@H](C(Cc2ccccc2)(Cc2ccccc2)OCc2ccccc2)[C@H]1O. The maximum absolute atomic E-state index is 11.0. The number of halogens is 1. The van der Waals surface area contributed by atoms with Crippen LogP contribution in [0.3, 0.4) is 0 Å². The van der Waals surface area contributed by atoms with E-state index in [0.29, 0.717) is 12.8 Å². The van der Waals surface area contributed by atoms with E-state index < -0.39 is 35.6 Å². The fraction of sp³-hybridized carbons (Fsp3) is 0.333. The molecule has 0 saturated carbocycles. The molecule has 3 aromatic carbocycles. The van der Waals surface area contributed by atoms with Crippen LogP contribution in [0.4, 0.5) is 0 Å². The molecule has 3 N–H and O–H groups in total. The molecule has 0 unspecified atom stereocenters. The minimum absolute atomic E-state index is 0.276. The summed E-state index contributed by atoms with van der Waals surface area (Å²) in [4.78, 5) is 0. The van der Waals surface area contributed by atoms with E-state index in [0.717, 1.165) is 16.7 Å². The van der Waals surface area contributed by atoms with Gasteiger partial charge in [-0.1, -0.05) is 103 Å². The Labute approximate surface area is 199 Å². The molecule has 33 heavy (non-hydrogen) atoms. The number of benzene rings is 3. The van der Waals surface area contributed by atoms with E-state index in [2.05, 4.69) is 0 Å². The zero-order valence-electron chi connectivity index (χ0n) is 18.2. The van der Waals surface area contributed by atoms with Gasteiger partial charge in [0.05, 0.1) is 6.61 Å². The Hall–Kier alpha value is -2.25. The molecule has 1 aliphatic rings. The Bertz CT molecular complexity index is 944. The van der Waals surface area contributed by atoms with Crippen molar-refractivity contribution in [2.24, 2.45) is 0 Å². The highest BCUT2D eigenvalue weighted by Crippen LogP contribution is 2.37. The highest BCUT2D eigenvalue weighted by Gasteiger charge is 2.53. The van der Waals surface area contributed by atoms with Crippen molar-refractivity contribution >= 4 is 11.6 Å². The Morgan fingerprint density at radius 2 is 1.12 bits per heavy atom. The van der Waals surface area contributed by atoms with Gasteiger partial charge in [0.15, 0.2) is 5.56 Å². The minimum Gasteiger partial charge on any atom is -0.387 e. The van der Waals surface area contributed by atoms with Crippen LogP contribution >= 0.6 is 11.6 Å². The maximum atomic E-state index is 11.0. The van der Waals surface area contributed by atoms with Crippen molar-refractivity contribution in [3.8, 4) is 0 Å². The molecular weight excluding hydrogens is 440 g/mol. The molecule has 6 heteroatoms. The Kier molecular flexibility index (Phi) is 7.81. The van der Waals surface area contributed by atoms with Gasteiger partial charge in [-0.25, -0.2) is 0 Å². The predicted octanol–water partition coefficient (Wildman–Crippen LogP) is 3.47. The molecule has 1 saturated heterocycles. The van der Waals surface area contributed by atoms with Crippen molar-refractivity contribution in [1.82, 2.24) is 0 Å². The topological polar surface area (TPSA) is 79.2 Å². The summed E-state index contributed by atoms with van der Waals surface area (Å²) in [7, 11) is 0. The molecule has 0 spiro atoms. The van der Waals surface area contributed by atoms with E-state index in [4.69, 9.17) is 21.1 Å². The third kappa shape index (κ3) is 5.64. The fourth-order valence-electron chi connectivity index (χ4n) is 4.40. The van der Waals surface area contributed by atoms with Gasteiger partial charge in [-0.2, -0.15) is 0 Å². The summed E-state index contributed by atoms with van der Waals surface area (Å²) in [6, 6.07) is 29.4. The number of aliphatic hydroxyl groups excluding tert-OH is 3. The van der Waals surface area contributed by atoms with Crippen LogP contribution in [0.1, 0.15) is 16.7 Å². The van der Waals surface area contributed by atoms with Gasteiger partial charge in [-0.3, -0.25) is 0 Å². The highest BCUT2D eigenvalue weighted by molar-refractivity contribution is 6.20. The monoisotopic (exact) mass is 468 g/mol. The molecule has 0 amide bonds. The molecule has 0 aromatic heterocycles. The smallest absolute Gasteiger partial charge is 0.160 e. The van der Waals surface area contributed by atoms with Crippen molar-refractivity contribution in [2.45, 2.75) is 55.0 Å². The molecule has 4 rings (SSSR count). The average Bonchev–Trinajstić information content (AvgIpc) is 2.85. The number of rotatable bonds is 8. The van der Waals surface area contributed by atoms with E-state index in [1.807, 2.05) is 91.0 Å². The summed E-state index contributed by atoms with van der Waals surface area (Å²) in [5.74, 6) is 0. The molecule has 3 aromatic rings. The van der Waals surface area contributed by atoms with Gasteiger partial charge in [0.2, 0.25) is 0 Å². The van der Waals surface area contributed by atoms with Gasteiger partial charge < -0.3 is 24.8 Å². The summed E-state index contributed by atoms with van der Waals surface area (Å²) in [5.41, 5.74) is 0.690. The standard InChI is InChI=1S/C27H29ClO5/c28-26-24(31)22(29)23(30)25(33-26)27(16-19-10-4-1-5-11-19,17-20-12-6-2-7-13-20)32-18-21-14-8-3-9-15-21/h1-15,22-26,29-31H,16-18H2/t22-,23-,24+,25-,26-/m0/s1. The lowest BCUT2D eigenvalue weighted by Crippen LogP contribution is -2.65. The van der Waals surface area contributed by atoms with Gasteiger partial charge in [-0.15, -0.1) is 0 Å². The zero-order valence-corrected chi connectivity index (χ0v) is 19.0. The lowest BCUT2D eigenvalue weighted by atomic mass is 9.78. The number of aliphatic hydroxyl groups is 3. The van der Waals surface area contributed by atoms with E-state index in [9.17, 15) is 15.3 Å². The predicted molar refractivity (Wildman–Crippen MR) is 127 cm³/mol. The quantitative estimate of drug-likeness (QED) is 0.441. The lowest BCUT2D eigenvalue weighted by Gasteiger charge is -2.48. The molecule has 1 heterocycles. The van der Waals surface area contributed by atoms with E-state index in [1.165, 1.54) is 0 Å². The van der Waals surface area contributed by atoms with Crippen molar-refractivity contribution in [1.29, 1.82) is 0 Å². The highest BCUT2D eigenvalue weighted by atomic mass is 35.5. The number of hydrogen-bond acceptors (Lipinski definition) is 5. The Morgan fingerprint density at radius 1 is 0.667 bits per heavy atom. The second-order valence-electron chi connectivity index (χ2n) is 8.54. The van der Waals surface area contributed by atoms with Gasteiger partial charge in [0, 0.05) is 12.8 Å². The average molecular weight is 469 g/mol. The molecule has 1 aliphatic heterocycles. The number of ether oxygens (including phenoxy) is 2. The molecular formula is C27H29ClO5. The first-order valence-corrected chi connectivity index (χ1v) is 11.5. The summed E-state index contributed by atoms with van der Waals surface area (Å²) >= 11 is 6.25. The van der Waals surface area contributed by atoms with Crippen molar-refractivity contribution in [3.63, 3.8) is 0 Å². The summed E-state index contributed by atoms with van der Waals surface area (Å²) in [5, 5.41) is 31.8. The second-order valence-corrected chi connectivity index (χ2v) is 8.97. The largest absolute Gasteiger partial charge is 0.387 e. The third-order valence-electron chi connectivity index (χ3n) is 6.14. The van der Waals surface area contributed by atoms with Crippen LogP contribution < -0.4 is 0 Å². The lowest BCUT2D eigenvalue weighted by molar-refractivity contribution is -0.260. The number of hydrogen-bond donors (Lipinski definition) is 3. The maximum Gasteiger partial charge on any atom is 0.160 e. The first-order valence-electron chi connectivity index (χ1n) is 11.1. The molecule has 174 valence electrons. The van der Waals surface area contributed by atoms with Crippen molar-refractivity contribution < 1.29 is 24.8 Å². The van der Waals surface area contributed by atoms with Crippen LogP contribution in [0, 0.1) is 0 Å². The molecule has 0 bridgehead atoms. The van der Waals surface area contributed by atoms with Gasteiger partial charge in [0.25, 0.3) is 0 Å². The van der Waals surface area contributed by atoms with Crippen LogP contribution in [-0.2, 0) is 28.9 Å². The molecule has 5 atom stereocenters.